The summed E-state index contributed by atoms with van der Waals surface area (Å²) in [6, 6.07) is 21.6. The molecule has 3 rings (SSSR count). The van der Waals surface area contributed by atoms with E-state index in [0.29, 0.717) is 29.4 Å². The summed E-state index contributed by atoms with van der Waals surface area (Å²) in [6.07, 6.45) is -0.0879. The fraction of sp³-hybridized carbons (Fsp3) is 0.240. The summed E-state index contributed by atoms with van der Waals surface area (Å²) < 4.78 is 38.6. The quantitative estimate of drug-likeness (QED) is 0.474. The Labute approximate surface area is 195 Å². The van der Waals surface area contributed by atoms with Crippen LogP contribution in [0.15, 0.2) is 83.8 Å². The van der Waals surface area contributed by atoms with Gasteiger partial charge >= 0.3 is 0 Å². The summed E-state index contributed by atoms with van der Waals surface area (Å²) in [4.78, 5) is 13.2. The van der Waals surface area contributed by atoms with Gasteiger partial charge in [0.2, 0.25) is 15.9 Å². The molecule has 0 spiro atoms. The Balaban J connectivity index is 1.91. The summed E-state index contributed by atoms with van der Waals surface area (Å²) in [5.41, 5.74) is 1.21. The van der Waals surface area contributed by atoms with Gasteiger partial charge in [0.25, 0.3) is 0 Å². The predicted octanol–water partition coefficient (Wildman–Crippen LogP) is 4.48. The van der Waals surface area contributed by atoms with E-state index < -0.39 is 16.1 Å². The largest absolute Gasteiger partial charge is 0.497 e. The number of carbonyl (C=O) groups excluding carboxylic acids is 1. The number of hydrogen-bond donors (Lipinski definition) is 1. The van der Waals surface area contributed by atoms with Crippen LogP contribution in [0.5, 0.6) is 11.5 Å². The van der Waals surface area contributed by atoms with Crippen molar-refractivity contribution in [3.8, 4) is 11.5 Å². The van der Waals surface area contributed by atoms with Crippen molar-refractivity contribution >= 4 is 21.6 Å². The van der Waals surface area contributed by atoms with Gasteiger partial charge in [-0.05, 0) is 48.9 Å². The molecule has 0 aliphatic carbocycles. The molecule has 3 aromatic carbocycles. The number of methoxy groups -OCH3 is 1. The average molecular weight is 469 g/mol. The molecule has 174 valence electrons. The van der Waals surface area contributed by atoms with Crippen LogP contribution in [0, 0.1) is 0 Å². The number of benzene rings is 3. The van der Waals surface area contributed by atoms with Crippen molar-refractivity contribution in [2.75, 3.05) is 26.1 Å². The Morgan fingerprint density at radius 2 is 1.61 bits per heavy atom. The number of sulfonamides is 1. The van der Waals surface area contributed by atoms with Crippen molar-refractivity contribution in [2.24, 2.45) is 0 Å². The summed E-state index contributed by atoms with van der Waals surface area (Å²) in [5.74, 6) is 0.860. The second-order valence-electron chi connectivity index (χ2n) is 7.30. The van der Waals surface area contributed by atoms with Crippen molar-refractivity contribution in [1.29, 1.82) is 0 Å². The van der Waals surface area contributed by atoms with Crippen LogP contribution >= 0.6 is 0 Å². The van der Waals surface area contributed by atoms with Crippen molar-refractivity contribution in [2.45, 2.75) is 24.3 Å². The molecule has 1 N–H and O–H groups in total. The van der Waals surface area contributed by atoms with Gasteiger partial charge in [0.15, 0.2) is 0 Å². The lowest BCUT2D eigenvalue weighted by Gasteiger charge is -2.28. The zero-order chi connectivity index (χ0) is 23.8. The Kier molecular flexibility index (Phi) is 8.08. The molecule has 0 fully saturated rings. The van der Waals surface area contributed by atoms with Gasteiger partial charge in [0.1, 0.15) is 11.5 Å². The predicted molar refractivity (Wildman–Crippen MR) is 128 cm³/mol. The highest BCUT2D eigenvalue weighted by atomic mass is 32.2. The SMILES string of the molecule is CCOc1ccccc1NC(=O)C[C@H](c1ccc(OC)cc1)N(C)S(=O)(=O)c1ccccc1. The number of ether oxygens (including phenoxy) is 2. The zero-order valence-electron chi connectivity index (χ0n) is 18.9. The van der Waals surface area contributed by atoms with Crippen LogP contribution in [0.3, 0.4) is 0 Å². The number of nitrogens with one attached hydrogen (secondary N) is 1. The lowest BCUT2D eigenvalue weighted by atomic mass is 10.0. The number of para-hydroxylation sites is 2. The molecule has 0 bridgehead atoms. The van der Waals surface area contributed by atoms with Gasteiger partial charge in [0, 0.05) is 13.5 Å². The molecule has 0 saturated heterocycles. The molecule has 7 nitrogen and oxygen atoms in total. The third kappa shape index (κ3) is 5.91. The van der Waals surface area contributed by atoms with Crippen molar-refractivity contribution < 1.29 is 22.7 Å². The number of hydrogen-bond acceptors (Lipinski definition) is 5. The molecule has 0 saturated carbocycles. The molecule has 0 radical (unpaired) electrons. The lowest BCUT2D eigenvalue weighted by Crippen LogP contribution is -2.33. The van der Waals surface area contributed by atoms with Gasteiger partial charge in [-0.3, -0.25) is 4.79 Å². The Bertz CT molecular complexity index is 1160. The number of carbonyl (C=O) groups is 1. The smallest absolute Gasteiger partial charge is 0.243 e. The molecule has 0 unspecified atom stereocenters. The molecule has 8 heteroatoms. The highest BCUT2D eigenvalue weighted by Crippen LogP contribution is 2.31. The maximum absolute atomic E-state index is 13.3. The monoisotopic (exact) mass is 468 g/mol. The van der Waals surface area contributed by atoms with E-state index in [-0.39, 0.29) is 17.2 Å². The highest BCUT2D eigenvalue weighted by molar-refractivity contribution is 7.89. The molecule has 33 heavy (non-hydrogen) atoms. The third-order valence-electron chi connectivity index (χ3n) is 5.20. The Morgan fingerprint density at radius 1 is 0.970 bits per heavy atom. The first-order valence-electron chi connectivity index (χ1n) is 10.6. The zero-order valence-corrected chi connectivity index (χ0v) is 19.7. The van der Waals surface area contributed by atoms with Crippen LogP contribution in [-0.4, -0.2) is 39.4 Å². The summed E-state index contributed by atoms with van der Waals surface area (Å²) in [6.45, 7) is 2.32. The van der Waals surface area contributed by atoms with Crippen LogP contribution in [-0.2, 0) is 14.8 Å². The number of nitrogens with zero attached hydrogens (tertiary/aromatic N) is 1. The number of rotatable bonds is 10. The van der Waals surface area contributed by atoms with E-state index in [4.69, 9.17) is 9.47 Å². The molecular weight excluding hydrogens is 440 g/mol. The molecule has 0 heterocycles. The normalized spacial score (nSPS) is 12.2. The Hall–Kier alpha value is -3.36. The van der Waals surface area contributed by atoms with Gasteiger partial charge in [-0.15, -0.1) is 0 Å². The van der Waals surface area contributed by atoms with Crippen molar-refractivity contribution in [1.82, 2.24) is 4.31 Å². The van der Waals surface area contributed by atoms with E-state index in [1.807, 2.05) is 13.0 Å². The van der Waals surface area contributed by atoms with Crippen LogP contribution in [0.1, 0.15) is 24.9 Å². The van der Waals surface area contributed by atoms with E-state index in [2.05, 4.69) is 5.32 Å². The van der Waals surface area contributed by atoms with Crippen LogP contribution < -0.4 is 14.8 Å². The Morgan fingerprint density at radius 3 is 2.24 bits per heavy atom. The average Bonchev–Trinajstić information content (AvgIpc) is 2.84. The topological polar surface area (TPSA) is 84.9 Å². The molecule has 0 aliphatic heterocycles. The minimum Gasteiger partial charge on any atom is -0.497 e. The van der Waals surface area contributed by atoms with Gasteiger partial charge in [-0.2, -0.15) is 4.31 Å². The van der Waals surface area contributed by atoms with E-state index in [9.17, 15) is 13.2 Å². The summed E-state index contributed by atoms with van der Waals surface area (Å²) >= 11 is 0. The van der Waals surface area contributed by atoms with Crippen LogP contribution in [0.4, 0.5) is 5.69 Å². The molecule has 0 aliphatic rings. The van der Waals surface area contributed by atoms with Crippen LogP contribution in [0.2, 0.25) is 0 Å². The molecule has 3 aromatic rings. The minimum absolute atomic E-state index is 0.0879. The highest BCUT2D eigenvalue weighted by Gasteiger charge is 2.31. The van der Waals surface area contributed by atoms with Crippen LogP contribution in [0.25, 0.3) is 0 Å². The van der Waals surface area contributed by atoms with Gasteiger partial charge < -0.3 is 14.8 Å². The number of amides is 1. The fourth-order valence-electron chi connectivity index (χ4n) is 3.44. The first kappa shape index (κ1) is 24.3. The van der Waals surface area contributed by atoms with E-state index in [1.165, 1.54) is 23.5 Å². The van der Waals surface area contributed by atoms with Crippen molar-refractivity contribution in [3.05, 3.63) is 84.4 Å². The standard InChI is InChI=1S/C25H28N2O5S/c1-4-32-24-13-9-8-12-22(24)26-25(28)18-23(19-14-16-20(31-3)17-15-19)27(2)33(29,30)21-10-6-5-7-11-21/h5-17,23H,4,18H2,1-3H3,(H,26,28)/t23-/m1/s1. The second kappa shape index (κ2) is 11.0. The van der Waals surface area contributed by atoms with E-state index >= 15 is 0 Å². The van der Waals surface area contributed by atoms with E-state index in [1.54, 1.807) is 67.8 Å². The third-order valence-corrected chi connectivity index (χ3v) is 7.08. The summed E-state index contributed by atoms with van der Waals surface area (Å²) in [7, 11) is -0.798. The van der Waals surface area contributed by atoms with Gasteiger partial charge in [0.05, 0.1) is 30.3 Å². The van der Waals surface area contributed by atoms with E-state index in [0.717, 1.165) is 0 Å². The maximum atomic E-state index is 13.3. The molecule has 1 atom stereocenters. The fourth-order valence-corrected chi connectivity index (χ4v) is 4.80. The first-order chi connectivity index (χ1) is 15.9. The lowest BCUT2D eigenvalue weighted by molar-refractivity contribution is -0.117. The first-order valence-corrected chi connectivity index (χ1v) is 12.0. The van der Waals surface area contributed by atoms with Gasteiger partial charge in [-0.25, -0.2) is 8.42 Å². The maximum Gasteiger partial charge on any atom is 0.243 e. The molecule has 0 aromatic heterocycles. The van der Waals surface area contributed by atoms with Crippen molar-refractivity contribution in [3.63, 3.8) is 0 Å². The second-order valence-corrected chi connectivity index (χ2v) is 9.30. The summed E-state index contributed by atoms with van der Waals surface area (Å²) in [5, 5.41) is 2.85. The molecule has 1 amide bonds. The minimum atomic E-state index is -3.84. The molecular formula is C25H28N2O5S. The van der Waals surface area contributed by atoms with Gasteiger partial charge in [-0.1, -0.05) is 42.5 Å². The number of anilines is 1.